The van der Waals surface area contributed by atoms with Gasteiger partial charge < -0.3 is 9.66 Å². The average molecular weight is 333 g/mol. The molecule has 0 aliphatic heterocycles. The fourth-order valence-corrected chi connectivity index (χ4v) is 3.22. The molecule has 0 aromatic rings. The third-order valence-electron chi connectivity index (χ3n) is 3.55. The zero-order chi connectivity index (χ0) is 14.7. The number of hydrogen-bond donors (Lipinski definition) is 1. The molecule has 0 bridgehead atoms. The summed E-state index contributed by atoms with van der Waals surface area (Å²) >= 11 is 0. The molecular weight excluding hydrogens is 303 g/mol. The predicted molar refractivity (Wildman–Crippen MR) is 77.0 cm³/mol. The van der Waals surface area contributed by atoms with Crippen LogP contribution in [0.3, 0.4) is 0 Å². The van der Waals surface area contributed by atoms with Gasteiger partial charge in [0.2, 0.25) is 0 Å². The van der Waals surface area contributed by atoms with Crippen molar-refractivity contribution < 1.29 is 69.5 Å². The topological polar surface area (TPSA) is 77.4 Å². The Balaban J connectivity index is 0. The van der Waals surface area contributed by atoms with Crippen LogP contribution in [0.2, 0.25) is 0 Å². The van der Waals surface area contributed by atoms with Crippen molar-refractivity contribution in [1.29, 1.82) is 0 Å². The van der Waals surface area contributed by atoms with Crippen molar-refractivity contribution in [2.75, 3.05) is 0 Å². The molecule has 0 amide bonds. The first kappa shape index (κ1) is 23.8. The number of hydrogen-bond acceptors (Lipinski definition) is 4. The van der Waals surface area contributed by atoms with Gasteiger partial charge in [0.25, 0.3) is 0 Å². The fourth-order valence-electron chi connectivity index (χ4n) is 2.24. The van der Waals surface area contributed by atoms with Crippen molar-refractivity contribution in [3.05, 3.63) is 0 Å². The van der Waals surface area contributed by atoms with Gasteiger partial charge in [-0.25, -0.2) is 8.42 Å². The minimum Gasteiger partial charge on any atom is -0.748 e. The molecule has 0 aromatic heterocycles. The third-order valence-corrected chi connectivity index (χ3v) is 4.84. The van der Waals surface area contributed by atoms with E-state index in [1.807, 2.05) is 13.8 Å². The minimum atomic E-state index is -4.12. The first-order chi connectivity index (χ1) is 8.91. The van der Waals surface area contributed by atoms with Gasteiger partial charge in [0.1, 0.15) is 0 Å². The van der Waals surface area contributed by atoms with Crippen molar-refractivity contribution >= 4 is 10.1 Å². The minimum absolute atomic E-state index is 0. The Morgan fingerprint density at radius 1 is 0.950 bits per heavy atom. The van der Waals surface area contributed by atoms with Gasteiger partial charge in [-0.3, -0.25) is 0 Å². The second-order valence-corrected chi connectivity index (χ2v) is 6.96. The Kier molecular flexibility index (Phi) is 16.8. The quantitative estimate of drug-likeness (QED) is 0.315. The van der Waals surface area contributed by atoms with E-state index in [-0.39, 0.29) is 57.5 Å². The molecule has 0 rings (SSSR count). The SMILES string of the molecule is CCCC(CCCCCCCC(O)CC)S(=O)(=O)[O-].[K+]. The summed E-state index contributed by atoms with van der Waals surface area (Å²) < 4.78 is 33.0. The summed E-state index contributed by atoms with van der Waals surface area (Å²) in [4.78, 5) is 0. The van der Waals surface area contributed by atoms with Crippen LogP contribution in [0, 0.1) is 0 Å². The standard InChI is InChI=1S/C14H30O4S.K/c1-3-10-14(19(16,17)18)12-9-7-5-6-8-11-13(15)4-2;/h13-15H,3-12H2,1-2H3,(H,16,17,18);/q;+1/p-1. The molecule has 0 saturated carbocycles. The van der Waals surface area contributed by atoms with Crippen LogP contribution >= 0.6 is 0 Å². The summed E-state index contributed by atoms with van der Waals surface area (Å²) in [5, 5.41) is 8.69. The van der Waals surface area contributed by atoms with E-state index in [1.54, 1.807) is 0 Å². The van der Waals surface area contributed by atoms with Gasteiger partial charge in [-0.05, 0) is 25.7 Å². The first-order valence-corrected chi connectivity index (χ1v) is 9.01. The van der Waals surface area contributed by atoms with E-state index < -0.39 is 15.4 Å². The van der Waals surface area contributed by atoms with E-state index in [0.29, 0.717) is 12.8 Å². The number of aliphatic hydroxyl groups is 1. The maximum absolute atomic E-state index is 11.0. The zero-order valence-electron chi connectivity index (χ0n) is 13.3. The van der Waals surface area contributed by atoms with E-state index in [4.69, 9.17) is 0 Å². The molecule has 20 heavy (non-hydrogen) atoms. The molecule has 0 radical (unpaired) electrons. The molecule has 116 valence electrons. The summed E-state index contributed by atoms with van der Waals surface area (Å²) in [6, 6.07) is 0. The second kappa shape index (κ2) is 14.1. The van der Waals surface area contributed by atoms with Crippen molar-refractivity contribution in [2.24, 2.45) is 0 Å². The molecule has 1 N–H and O–H groups in total. The molecule has 0 aromatic carbocycles. The summed E-state index contributed by atoms with van der Waals surface area (Å²) in [6.07, 6.45) is 8.11. The van der Waals surface area contributed by atoms with Crippen molar-refractivity contribution in [2.45, 2.75) is 89.4 Å². The summed E-state index contributed by atoms with van der Waals surface area (Å²) in [5.41, 5.74) is 0. The average Bonchev–Trinajstić information content (AvgIpc) is 2.34. The Morgan fingerprint density at radius 3 is 1.90 bits per heavy atom. The Hall–Kier alpha value is 1.51. The molecule has 0 spiro atoms. The predicted octanol–water partition coefficient (Wildman–Crippen LogP) is 0.206. The summed E-state index contributed by atoms with van der Waals surface area (Å²) in [6.45, 7) is 3.87. The number of unbranched alkanes of at least 4 members (excludes halogenated alkanes) is 4. The van der Waals surface area contributed by atoms with Gasteiger partial charge in [0.15, 0.2) is 0 Å². The normalized spacial score (nSPS) is 14.6. The van der Waals surface area contributed by atoms with Crippen LogP contribution in [-0.2, 0) is 10.1 Å². The van der Waals surface area contributed by atoms with Crippen LogP contribution < -0.4 is 51.4 Å². The van der Waals surface area contributed by atoms with Crippen molar-refractivity contribution in [3.63, 3.8) is 0 Å². The second-order valence-electron chi connectivity index (χ2n) is 5.31. The third kappa shape index (κ3) is 13.2. The van der Waals surface area contributed by atoms with E-state index in [0.717, 1.165) is 51.4 Å². The Morgan fingerprint density at radius 2 is 1.45 bits per heavy atom. The van der Waals surface area contributed by atoms with Crippen molar-refractivity contribution in [3.8, 4) is 0 Å². The van der Waals surface area contributed by atoms with Crippen LogP contribution in [0.15, 0.2) is 0 Å². The van der Waals surface area contributed by atoms with Gasteiger partial charge in [-0.2, -0.15) is 0 Å². The molecule has 0 aliphatic rings. The van der Waals surface area contributed by atoms with E-state index >= 15 is 0 Å². The van der Waals surface area contributed by atoms with E-state index in [9.17, 15) is 18.1 Å². The maximum atomic E-state index is 11.0. The van der Waals surface area contributed by atoms with Crippen LogP contribution in [-0.4, -0.2) is 29.4 Å². The fraction of sp³-hybridized carbons (Fsp3) is 1.00. The van der Waals surface area contributed by atoms with Gasteiger partial charge in [-0.15, -0.1) is 0 Å². The van der Waals surface area contributed by atoms with Gasteiger partial charge in [0.05, 0.1) is 16.2 Å². The summed E-state index contributed by atoms with van der Waals surface area (Å²) in [7, 11) is -4.12. The molecule has 0 heterocycles. The number of aliphatic hydroxyl groups excluding tert-OH is 1. The smallest absolute Gasteiger partial charge is 0.748 e. The van der Waals surface area contributed by atoms with Crippen LogP contribution in [0.25, 0.3) is 0 Å². The largest absolute Gasteiger partial charge is 1.00 e. The summed E-state index contributed by atoms with van der Waals surface area (Å²) in [5.74, 6) is 0. The first-order valence-electron chi connectivity index (χ1n) is 7.54. The molecule has 0 aliphatic carbocycles. The molecule has 4 nitrogen and oxygen atoms in total. The van der Waals surface area contributed by atoms with Crippen molar-refractivity contribution in [1.82, 2.24) is 0 Å². The zero-order valence-corrected chi connectivity index (χ0v) is 17.2. The van der Waals surface area contributed by atoms with Gasteiger partial charge >= 0.3 is 51.4 Å². The monoisotopic (exact) mass is 332 g/mol. The Labute approximate surface area is 167 Å². The molecule has 2 atom stereocenters. The van der Waals surface area contributed by atoms with Crippen LogP contribution in [0.5, 0.6) is 0 Å². The molecule has 6 heteroatoms. The maximum Gasteiger partial charge on any atom is 1.00 e. The van der Waals surface area contributed by atoms with Gasteiger partial charge in [0, 0.05) is 5.25 Å². The Bertz CT molecular complexity index is 306. The molecule has 0 saturated heterocycles. The van der Waals surface area contributed by atoms with E-state index in [2.05, 4.69) is 0 Å². The molecular formula is C14H29KO4S. The van der Waals surface area contributed by atoms with Crippen LogP contribution in [0.1, 0.15) is 78.1 Å². The van der Waals surface area contributed by atoms with E-state index in [1.165, 1.54) is 0 Å². The molecule has 0 fully saturated rings. The van der Waals surface area contributed by atoms with Crippen LogP contribution in [0.4, 0.5) is 0 Å². The van der Waals surface area contributed by atoms with Gasteiger partial charge in [-0.1, -0.05) is 52.4 Å². The number of rotatable bonds is 12. The molecule has 2 unspecified atom stereocenters.